The highest BCUT2D eigenvalue weighted by molar-refractivity contribution is 6.39. The molecule has 26 heavy (non-hydrogen) atoms. The van der Waals surface area contributed by atoms with Crippen LogP contribution >= 0.6 is 0 Å². The lowest BCUT2D eigenvalue weighted by Gasteiger charge is -2.21. The molecule has 0 aromatic carbocycles. The highest BCUT2D eigenvalue weighted by atomic mass is 16.7. The summed E-state index contributed by atoms with van der Waals surface area (Å²) in [5.41, 5.74) is 1.31. The van der Waals surface area contributed by atoms with Crippen LogP contribution in [0.1, 0.15) is 42.8 Å². The summed E-state index contributed by atoms with van der Waals surface area (Å²) in [5.74, 6) is 1.82. The first-order chi connectivity index (χ1) is 12.5. The molecule has 1 amide bonds. The van der Waals surface area contributed by atoms with Gasteiger partial charge in [0, 0.05) is 39.1 Å². The number of oxime groups is 1. The standard InChI is InChI=1S/C19H27N3O4/c1-13-8-16(25-14(13)2)11-22-6-5-19(12-22)9-17(21-26-19)18(23)20-10-15-4-3-7-24-15/h8,15H,3-7,9-12H2,1-2H3,(H,20,23)/t15-,19+/m0/s1. The van der Waals surface area contributed by atoms with E-state index in [4.69, 9.17) is 14.0 Å². The molecule has 0 saturated carbocycles. The Morgan fingerprint density at radius 1 is 1.46 bits per heavy atom. The van der Waals surface area contributed by atoms with Gasteiger partial charge in [-0.05, 0) is 38.3 Å². The molecule has 7 heteroatoms. The zero-order valence-corrected chi connectivity index (χ0v) is 15.5. The van der Waals surface area contributed by atoms with Gasteiger partial charge in [0.05, 0.1) is 12.6 Å². The molecule has 2 atom stereocenters. The van der Waals surface area contributed by atoms with Gasteiger partial charge in [0.15, 0.2) is 5.60 Å². The molecule has 0 aliphatic carbocycles. The fourth-order valence-corrected chi connectivity index (χ4v) is 3.99. The smallest absolute Gasteiger partial charge is 0.269 e. The predicted molar refractivity (Wildman–Crippen MR) is 95.9 cm³/mol. The molecule has 4 heterocycles. The molecule has 4 rings (SSSR count). The second kappa shape index (κ2) is 7.04. The van der Waals surface area contributed by atoms with Crippen LogP contribution in [-0.2, 0) is 20.9 Å². The fraction of sp³-hybridized carbons (Fsp3) is 0.684. The molecule has 1 aromatic rings. The first-order valence-electron chi connectivity index (χ1n) is 9.46. The topological polar surface area (TPSA) is 76.3 Å². The van der Waals surface area contributed by atoms with Crippen LogP contribution in [0.3, 0.4) is 0 Å². The monoisotopic (exact) mass is 361 g/mol. The van der Waals surface area contributed by atoms with Gasteiger partial charge in [-0.25, -0.2) is 0 Å². The molecule has 142 valence electrons. The number of hydrogen-bond acceptors (Lipinski definition) is 6. The summed E-state index contributed by atoms with van der Waals surface area (Å²) in [6, 6.07) is 2.09. The summed E-state index contributed by atoms with van der Waals surface area (Å²) in [5, 5.41) is 7.02. The maximum absolute atomic E-state index is 12.3. The zero-order chi connectivity index (χ0) is 18.1. The van der Waals surface area contributed by atoms with Crippen molar-refractivity contribution in [2.75, 3.05) is 26.2 Å². The van der Waals surface area contributed by atoms with Crippen molar-refractivity contribution in [3.63, 3.8) is 0 Å². The molecule has 0 unspecified atom stereocenters. The number of carbonyl (C=O) groups excluding carboxylic acids is 1. The Labute approximate surface area is 153 Å². The Bertz CT molecular complexity index is 688. The maximum Gasteiger partial charge on any atom is 0.269 e. The Kier molecular flexibility index (Phi) is 4.75. The van der Waals surface area contributed by atoms with E-state index in [1.54, 1.807) is 0 Å². The summed E-state index contributed by atoms with van der Waals surface area (Å²) in [6.45, 7) is 7.83. The van der Waals surface area contributed by atoms with Crippen LogP contribution in [0.2, 0.25) is 0 Å². The van der Waals surface area contributed by atoms with E-state index in [0.717, 1.165) is 57.0 Å². The van der Waals surface area contributed by atoms with Crippen molar-refractivity contribution >= 4 is 11.6 Å². The third-order valence-corrected chi connectivity index (χ3v) is 5.61. The number of amides is 1. The quantitative estimate of drug-likeness (QED) is 0.867. The largest absolute Gasteiger partial charge is 0.465 e. The fourth-order valence-electron chi connectivity index (χ4n) is 3.99. The number of nitrogens with zero attached hydrogens (tertiary/aromatic N) is 2. The molecule has 1 spiro atoms. The van der Waals surface area contributed by atoms with Crippen LogP contribution < -0.4 is 5.32 Å². The molecule has 2 fully saturated rings. The summed E-state index contributed by atoms with van der Waals surface area (Å²) in [4.78, 5) is 20.4. The van der Waals surface area contributed by atoms with Gasteiger partial charge in [-0.3, -0.25) is 9.69 Å². The van der Waals surface area contributed by atoms with Crippen molar-refractivity contribution in [2.24, 2.45) is 5.16 Å². The van der Waals surface area contributed by atoms with E-state index in [1.807, 2.05) is 6.92 Å². The van der Waals surface area contributed by atoms with E-state index in [9.17, 15) is 4.79 Å². The second-order valence-electron chi connectivity index (χ2n) is 7.75. The third kappa shape index (κ3) is 3.64. The summed E-state index contributed by atoms with van der Waals surface area (Å²) in [7, 11) is 0. The van der Waals surface area contributed by atoms with Gasteiger partial charge in [0.25, 0.3) is 5.91 Å². The van der Waals surface area contributed by atoms with Crippen molar-refractivity contribution in [3.05, 3.63) is 23.2 Å². The first-order valence-corrected chi connectivity index (χ1v) is 9.46. The van der Waals surface area contributed by atoms with Gasteiger partial charge in [-0.2, -0.15) is 0 Å². The Morgan fingerprint density at radius 2 is 2.35 bits per heavy atom. The maximum atomic E-state index is 12.3. The van der Waals surface area contributed by atoms with Gasteiger partial charge in [-0.1, -0.05) is 5.16 Å². The Balaban J connectivity index is 1.27. The third-order valence-electron chi connectivity index (χ3n) is 5.61. The molecule has 2 saturated heterocycles. The van der Waals surface area contributed by atoms with E-state index < -0.39 is 0 Å². The number of rotatable bonds is 5. The van der Waals surface area contributed by atoms with Crippen molar-refractivity contribution in [2.45, 2.75) is 57.8 Å². The average Bonchev–Trinajstić information content (AvgIpc) is 3.38. The summed E-state index contributed by atoms with van der Waals surface area (Å²) >= 11 is 0. The van der Waals surface area contributed by atoms with E-state index in [1.165, 1.54) is 5.56 Å². The first kappa shape index (κ1) is 17.5. The van der Waals surface area contributed by atoms with E-state index in [0.29, 0.717) is 18.7 Å². The summed E-state index contributed by atoms with van der Waals surface area (Å²) < 4.78 is 11.3. The number of nitrogens with one attached hydrogen (secondary N) is 1. The van der Waals surface area contributed by atoms with Crippen LogP contribution in [0.15, 0.2) is 15.6 Å². The van der Waals surface area contributed by atoms with Gasteiger partial charge < -0.3 is 19.3 Å². The molecule has 3 aliphatic heterocycles. The minimum Gasteiger partial charge on any atom is -0.465 e. The van der Waals surface area contributed by atoms with E-state index in [-0.39, 0.29) is 17.6 Å². The molecular formula is C19H27N3O4. The second-order valence-corrected chi connectivity index (χ2v) is 7.75. The van der Waals surface area contributed by atoms with Gasteiger partial charge in [-0.15, -0.1) is 0 Å². The van der Waals surface area contributed by atoms with E-state index in [2.05, 4.69) is 28.4 Å². The van der Waals surface area contributed by atoms with E-state index >= 15 is 0 Å². The lowest BCUT2D eigenvalue weighted by Crippen LogP contribution is -2.39. The highest BCUT2D eigenvalue weighted by Gasteiger charge is 2.46. The van der Waals surface area contributed by atoms with Gasteiger partial charge in [0.2, 0.25) is 0 Å². The number of aryl methyl sites for hydroxylation is 2. The zero-order valence-electron chi connectivity index (χ0n) is 15.5. The molecule has 1 aromatic heterocycles. The normalized spacial score (nSPS) is 28.5. The molecule has 1 N–H and O–H groups in total. The number of ether oxygens (including phenoxy) is 1. The average molecular weight is 361 g/mol. The number of carbonyl (C=O) groups is 1. The predicted octanol–water partition coefficient (Wildman–Crippen LogP) is 1.91. The number of likely N-dealkylation sites (tertiary alicyclic amines) is 1. The Hall–Kier alpha value is -1.86. The lowest BCUT2D eigenvalue weighted by molar-refractivity contribution is -0.115. The van der Waals surface area contributed by atoms with Crippen LogP contribution in [0.25, 0.3) is 0 Å². The SMILES string of the molecule is Cc1cc(CN2CC[C@@]3(CC(C(=O)NC[C@@H]4CCCO4)=NO3)C2)oc1C. The van der Waals surface area contributed by atoms with Crippen LogP contribution in [-0.4, -0.2) is 54.5 Å². The van der Waals surface area contributed by atoms with Crippen LogP contribution in [0.5, 0.6) is 0 Å². The molecular weight excluding hydrogens is 334 g/mol. The van der Waals surface area contributed by atoms with Crippen LogP contribution in [0.4, 0.5) is 0 Å². The highest BCUT2D eigenvalue weighted by Crippen LogP contribution is 2.34. The van der Waals surface area contributed by atoms with Gasteiger partial charge >= 0.3 is 0 Å². The minimum absolute atomic E-state index is 0.131. The molecule has 3 aliphatic rings. The summed E-state index contributed by atoms with van der Waals surface area (Å²) in [6.07, 6.45) is 3.65. The minimum atomic E-state index is -0.368. The van der Waals surface area contributed by atoms with Crippen molar-refractivity contribution in [1.29, 1.82) is 0 Å². The van der Waals surface area contributed by atoms with Crippen molar-refractivity contribution in [3.8, 4) is 0 Å². The van der Waals surface area contributed by atoms with Crippen LogP contribution in [0, 0.1) is 13.8 Å². The van der Waals surface area contributed by atoms with Gasteiger partial charge in [0.1, 0.15) is 17.2 Å². The lowest BCUT2D eigenvalue weighted by atomic mass is 9.96. The number of hydrogen-bond donors (Lipinski definition) is 1. The van der Waals surface area contributed by atoms with Crippen molar-refractivity contribution < 1.29 is 18.8 Å². The number of furan rings is 1. The molecule has 0 bridgehead atoms. The molecule has 0 radical (unpaired) electrons. The molecule has 7 nitrogen and oxygen atoms in total. The van der Waals surface area contributed by atoms with Crippen molar-refractivity contribution in [1.82, 2.24) is 10.2 Å². The Morgan fingerprint density at radius 3 is 3.08 bits per heavy atom.